The van der Waals surface area contributed by atoms with Crippen molar-refractivity contribution in [1.82, 2.24) is 9.21 Å². The summed E-state index contributed by atoms with van der Waals surface area (Å²) >= 11 is 5.83. The van der Waals surface area contributed by atoms with Crippen LogP contribution in [0.3, 0.4) is 0 Å². The molecule has 1 amide bonds. The molecule has 162 valence electrons. The largest absolute Gasteiger partial charge is 0.438 e. The average molecular weight is 477 g/mol. The molecule has 0 atom stereocenters. The molecule has 1 aliphatic rings. The predicted octanol–water partition coefficient (Wildman–Crippen LogP) is 2.40. The van der Waals surface area contributed by atoms with Crippen molar-refractivity contribution in [2.45, 2.75) is 15.7 Å². The second kappa shape index (κ2) is 9.29. The normalized spacial score (nSPS) is 15.4. The number of nitrogens with one attached hydrogen (secondary N) is 1. The minimum absolute atomic E-state index is 0.167. The first kappa shape index (κ1) is 22.5. The Kier molecular flexibility index (Phi) is 6.95. The number of thioether (sulfide) groups is 1. The van der Waals surface area contributed by atoms with Gasteiger partial charge in [-0.05, 0) is 48.6 Å². The molecule has 0 saturated carbocycles. The van der Waals surface area contributed by atoms with Gasteiger partial charge in [-0.15, -0.1) is 0 Å². The first-order chi connectivity index (χ1) is 14.2. The van der Waals surface area contributed by atoms with Crippen LogP contribution in [0.25, 0.3) is 0 Å². The van der Waals surface area contributed by atoms with Crippen LogP contribution in [0.2, 0.25) is 0 Å². The Labute approximate surface area is 181 Å². The van der Waals surface area contributed by atoms with Crippen molar-refractivity contribution < 1.29 is 26.4 Å². The minimum Gasteiger partial charge on any atom is -0.438 e. The number of thiocarbonyl (C=S) groups is 1. The van der Waals surface area contributed by atoms with E-state index < -0.39 is 21.7 Å². The number of benzene rings is 1. The van der Waals surface area contributed by atoms with E-state index in [-0.39, 0.29) is 23.9 Å². The molecule has 0 aliphatic carbocycles. The van der Waals surface area contributed by atoms with Gasteiger partial charge in [0.2, 0.25) is 5.09 Å². The SMILES string of the molecule is NC(=O)c1ccc(S(=O)(=O)N2CCN(C(=S)Nc3ccc(SC(F)F)cc3)CC2)o1. The molecule has 1 saturated heterocycles. The summed E-state index contributed by atoms with van der Waals surface area (Å²) < 4.78 is 56.4. The van der Waals surface area contributed by atoms with Crippen molar-refractivity contribution in [1.29, 1.82) is 0 Å². The maximum absolute atomic E-state index is 12.7. The number of hydrogen-bond acceptors (Lipinski definition) is 6. The summed E-state index contributed by atoms with van der Waals surface area (Å²) in [5.74, 6) is -3.56. The molecule has 3 N–H and O–H groups in total. The monoisotopic (exact) mass is 476 g/mol. The molecule has 1 aromatic heterocycles. The molecule has 13 heteroatoms. The third kappa shape index (κ3) is 5.28. The molecule has 8 nitrogen and oxygen atoms in total. The van der Waals surface area contributed by atoms with Gasteiger partial charge >= 0.3 is 0 Å². The highest BCUT2D eigenvalue weighted by Gasteiger charge is 2.32. The molecule has 1 aliphatic heterocycles. The molecule has 1 aromatic carbocycles. The van der Waals surface area contributed by atoms with E-state index in [0.717, 1.165) is 0 Å². The number of nitrogens with zero attached hydrogens (tertiary/aromatic N) is 2. The molecule has 0 spiro atoms. The van der Waals surface area contributed by atoms with Gasteiger partial charge < -0.3 is 20.4 Å². The third-order valence-corrected chi connectivity index (χ3v) is 7.13. The van der Waals surface area contributed by atoms with Gasteiger partial charge in [0, 0.05) is 36.8 Å². The highest BCUT2D eigenvalue weighted by atomic mass is 32.2. The van der Waals surface area contributed by atoms with Crippen molar-refractivity contribution in [3.05, 3.63) is 42.2 Å². The fraction of sp³-hybridized carbons (Fsp3) is 0.294. The van der Waals surface area contributed by atoms with Crippen molar-refractivity contribution >= 4 is 50.7 Å². The topological polar surface area (TPSA) is 109 Å². The Morgan fingerprint density at radius 1 is 1.13 bits per heavy atom. The van der Waals surface area contributed by atoms with Crippen molar-refractivity contribution in [3.8, 4) is 0 Å². The molecule has 0 bridgehead atoms. The lowest BCUT2D eigenvalue weighted by atomic mass is 10.3. The highest BCUT2D eigenvalue weighted by Crippen LogP contribution is 2.26. The maximum atomic E-state index is 12.7. The smallest absolute Gasteiger partial charge is 0.288 e. The first-order valence-electron chi connectivity index (χ1n) is 8.67. The number of furan rings is 1. The summed E-state index contributed by atoms with van der Waals surface area (Å²) in [7, 11) is -3.89. The van der Waals surface area contributed by atoms with Crippen molar-refractivity contribution in [2.75, 3.05) is 31.5 Å². The van der Waals surface area contributed by atoms with E-state index in [1.807, 2.05) is 0 Å². The summed E-state index contributed by atoms with van der Waals surface area (Å²) in [6.07, 6.45) is 0. The Morgan fingerprint density at radius 3 is 2.30 bits per heavy atom. The fourth-order valence-corrected chi connectivity index (χ4v) is 4.91. The lowest BCUT2D eigenvalue weighted by Crippen LogP contribution is -2.51. The van der Waals surface area contributed by atoms with Crippen molar-refractivity contribution in [3.63, 3.8) is 0 Å². The maximum Gasteiger partial charge on any atom is 0.288 e. The number of halogens is 2. The van der Waals surface area contributed by atoms with Gasteiger partial charge in [-0.2, -0.15) is 13.1 Å². The number of anilines is 1. The zero-order chi connectivity index (χ0) is 21.9. The number of carbonyl (C=O) groups is 1. The van der Waals surface area contributed by atoms with Crippen molar-refractivity contribution in [2.24, 2.45) is 5.73 Å². The van der Waals surface area contributed by atoms with E-state index in [1.165, 1.54) is 16.4 Å². The number of carbonyl (C=O) groups excluding carboxylic acids is 1. The molecule has 2 heterocycles. The Balaban J connectivity index is 1.56. The van der Waals surface area contributed by atoms with E-state index in [1.54, 1.807) is 29.2 Å². The summed E-state index contributed by atoms with van der Waals surface area (Å²) in [5.41, 5.74) is 5.73. The molecule has 3 rings (SSSR count). The number of nitrogens with two attached hydrogens (primary N) is 1. The quantitative estimate of drug-likeness (QED) is 0.483. The zero-order valence-corrected chi connectivity index (χ0v) is 17.9. The van der Waals surface area contributed by atoms with Crippen LogP contribution in [0, 0.1) is 0 Å². The molecule has 2 aromatic rings. The standard InChI is InChI=1S/C17H18F2N4O4S3/c18-16(19)29-12-3-1-11(2-4-12)21-17(28)22-7-9-23(10-8-22)30(25,26)14-6-5-13(27-14)15(20)24/h1-6,16H,7-10H2,(H2,20,24)(H,21,28). The predicted molar refractivity (Wildman–Crippen MR) is 112 cm³/mol. The van der Waals surface area contributed by atoms with Gasteiger partial charge in [-0.1, -0.05) is 11.8 Å². The molecular weight excluding hydrogens is 458 g/mol. The van der Waals surface area contributed by atoms with E-state index >= 15 is 0 Å². The number of alkyl halides is 2. The third-order valence-electron chi connectivity index (χ3n) is 4.27. The Hall–Kier alpha value is -2.22. The molecule has 1 fully saturated rings. The molecule has 0 radical (unpaired) electrons. The fourth-order valence-electron chi connectivity index (χ4n) is 2.77. The van der Waals surface area contributed by atoms with E-state index in [2.05, 4.69) is 5.32 Å². The Morgan fingerprint density at radius 2 is 1.77 bits per heavy atom. The van der Waals surface area contributed by atoms with Gasteiger partial charge in [0.15, 0.2) is 10.9 Å². The lowest BCUT2D eigenvalue weighted by molar-refractivity contribution is 0.0968. The van der Waals surface area contributed by atoms with Crippen LogP contribution in [0.1, 0.15) is 10.6 Å². The van der Waals surface area contributed by atoms with E-state index in [9.17, 15) is 22.0 Å². The number of sulfonamides is 1. The number of primary amides is 1. The van der Waals surface area contributed by atoms with Gasteiger partial charge in [0.1, 0.15) is 0 Å². The Bertz CT molecular complexity index is 1020. The minimum atomic E-state index is -3.89. The summed E-state index contributed by atoms with van der Waals surface area (Å²) in [6.45, 7) is 1.02. The number of rotatable bonds is 6. The number of amides is 1. The van der Waals surface area contributed by atoms with Crippen LogP contribution in [-0.2, 0) is 10.0 Å². The molecule has 30 heavy (non-hydrogen) atoms. The van der Waals surface area contributed by atoms with E-state index in [4.69, 9.17) is 22.4 Å². The van der Waals surface area contributed by atoms with Crippen LogP contribution >= 0.6 is 24.0 Å². The number of hydrogen-bond donors (Lipinski definition) is 2. The van der Waals surface area contributed by atoms with Crippen LogP contribution in [0.5, 0.6) is 0 Å². The molecular formula is C17H18F2N4O4S3. The number of piperazine rings is 1. The summed E-state index contributed by atoms with van der Waals surface area (Å²) in [6, 6.07) is 8.83. The van der Waals surface area contributed by atoms with Gasteiger partial charge in [0.25, 0.3) is 21.7 Å². The van der Waals surface area contributed by atoms with Gasteiger partial charge in [0.05, 0.1) is 0 Å². The van der Waals surface area contributed by atoms with Crippen LogP contribution in [-0.4, -0.2) is 60.6 Å². The summed E-state index contributed by atoms with van der Waals surface area (Å²) in [5, 5.41) is 3.07. The second-order valence-electron chi connectivity index (χ2n) is 6.21. The zero-order valence-electron chi connectivity index (χ0n) is 15.5. The van der Waals surface area contributed by atoms with Crippen LogP contribution in [0.4, 0.5) is 14.5 Å². The summed E-state index contributed by atoms with van der Waals surface area (Å²) in [4.78, 5) is 13.4. The van der Waals surface area contributed by atoms with E-state index in [0.29, 0.717) is 40.5 Å². The van der Waals surface area contributed by atoms with Crippen LogP contribution < -0.4 is 11.1 Å². The lowest BCUT2D eigenvalue weighted by Gasteiger charge is -2.35. The van der Waals surface area contributed by atoms with Gasteiger partial charge in [-0.3, -0.25) is 4.79 Å². The van der Waals surface area contributed by atoms with Gasteiger partial charge in [-0.25, -0.2) is 8.42 Å². The average Bonchev–Trinajstić information content (AvgIpc) is 3.21. The first-order valence-corrected chi connectivity index (χ1v) is 11.4. The van der Waals surface area contributed by atoms with Crippen LogP contribution in [0.15, 0.2) is 50.8 Å². The molecule has 0 unspecified atom stereocenters. The second-order valence-corrected chi connectivity index (χ2v) is 9.53. The highest BCUT2D eigenvalue weighted by molar-refractivity contribution is 7.99.